The predicted molar refractivity (Wildman–Crippen MR) is 98.3 cm³/mol. The molecule has 1 aliphatic carbocycles. The van der Waals surface area contributed by atoms with E-state index in [4.69, 9.17) is 0 Å². The maximum absolute atomic E-state index is 13.7. The van der Waals surface area contributed by atoms with Crippen LogP contribution in [0.4, 0.5) is 8.78 Å². The highest BCUT2D eigenvalue weighted by atomic mass is 19.2. The van der Waals surface area contributed by atoms with Gasteiger partial charge < -0.3 is 9.80 Å². The Morgan fingerprint density at radius 2 is 1.96 bits per heavy atom. The van der Waals surface area contributed by atoms with Crippen LogP contribution in [-0.2, 0) is 17.6 Å². The lowest BCUT2D eigenvalue weighted by molar-refractivity contribution is -0.130. The maximum atomic E-state index is 13.7. The lowest BCUT2D eigenvalue weighted by Gasteiger charge is -2.20. The van der Waals surface area contributed by atoms with Crippen LogP contribution < -0.4 is 0 Å². The molecule has 2 amide bonds. The standard InChI is InChI=1S/C20H22F2N4O2/c1-2-24-9-4-10-25(12-18(24)27)20(28)19-14-5-3-6-17(14)26(23-19)13-7-8-15(21)16(22)11-13/h7-8,11H,2-6,9-10,12H2,1H3. The fourth-order valence-corrected chi connectivity index (χ4v) is 4.02. The van der Waals surface area contributed by atoms with Crippen molar-refractivity contribution in [3.8, 4) is 5.69 Å². The monoisotopic (exact) mass is 388 g/mol. The van der Waals surface area contributed by atoms with Crippen molar-refractivity contribution in [3.63, 3.8) is 0 Å². The summed E-state index contributed by atoms with van der Waals surface area (Å²) in [6.45, 7) is 3.72. The van der Waals surface area contributed by atoms with E-state index in [1.165, 1.54) is 10.7 Å². The molecule has 0 bridgehead atoms. The molecule has 2 heterocycles. The van der Waals surface area contributed by atoms with Crippen LogP contribution in [-0.4, -0.2) is 57.6 Å². The first kappa shape index (κ1) is 18.6. The third-order valence-electron chi connectivity index (χ3n) is 5.48. The van der Waals surface area contributed by atoms with Gasteiger partial charge in [-0.3, -0.25) is 9.59 Å². The smallest absolute Gasteiger partial charge is 0.275 e. The van der Waals surface area contributed by atoms with E-state index in [1.807, 2.05) is 6.92 Å². The first-order chi connectivity index (χ1) is 13.5. The van der Waals surface area contributed by atoms with Crippen molar-refractivity contribution in [3.05, 3.63) is 46.8 Å². The van der Waals surface area contributed by atoms with Crippen molar-refractivity contribution in [1.82, 2.24) is 19.6 Å². The molecule has 0 saturated carbocycles. The molecule has 8 heteroatoms. The molecule has 4 rings (SSSR count). The largest absolute Gasteiger partial charge is 0.341 e. The third-order valence-corrected chi connectivity index (χ3v) is 5.48. The first-order valence-corrected chi connectivity index (χ1v) is 9.62. The summed E-state index contributed by atoms with van der Waals surface area (Å²) in [6, 6.07) is 3.60. The first-order valence-electron chi connectivity index (χ1n) is 9.62. The summed E-state index contributed by atoms with van der Waals surface area (Å²) >= 11 is 0. The van der Waals surface area contributed by atoms with Gasteiger partial charge in [0.05, 0.1) is 5.69 Å². The number of likely N-dealkylation sites (N-methyl/N-ethyl adjacent to an activating group) is 1. The molecule has 0 unspecified atom stereocenters. The molecule has 1 fully saturated rings. The van der Waals surface area contributed by atoms with E-state index in [1.54, 1.807) is 9.80 Å². The minimum absolute atomic E-state index is 0.0412. The van der Waals surface area contributed by atoms with Crippen LogP contribution in [0.3, 0.4) is 0 Å². The molecule has 0 atom stereocenters. The Bertz CT molecular complexity index is 941. The highest BCUT2D eigenvalue weighted by molar-refractivity contribution is 5.96. The molecule has 28 heavy (non-hydrogen) atoms. The van der Waals surface area contributed by atoms with Crippen molar-refractivity contribution in [2.75, 3.05) is 26.2 Å². The van der Waals surface area contributed by atoms with Crippen LogP contribution in [0.2, 0.25) is 0 Å². The number of benzene rings is 1. The van der Waals surface area contributed by atoms with Crippen LogP contribution in [0, 0.1) is 11.6 Å². The number of carbonyl (C=O) groups excluding carboxylic acids is 2. The molecule has 1 aromatic carbocycles. The number of hydrogen-bond donors (Lipinski definition) is 0. The summed E-state index contributed by atoms with van der Waals surface area (Å²) in [5.41, 5.74) is 2.40. The molecular weight excluding hydrogens is 366 g/mol. The average Bonchev–Trinajstić information content (AvgIpc) is 3.23. The zero-order valence-electron chi connectivity index (χ0n) is 15.8. The molecule has 0 N–H and O–H groups in total. The summed E-state index contributed by atoms with van der Waals surface area (Å²) < 4.78 is 28.5. The van der Waals surface area contributed by atoms with Crippen LogP contribution in [0.25, 0.3) is 5.69 Å². The number of aromatic nitrogens is 2. The summed E-state index contributed by atoms with van der Waals surface area (Å²) in [5, 5.41) is 4.45. The Morgan fingerprint density at radius 3 is 2.71 bits per heavy atom. The molecule has 0 radical (unpaired) electrons. The van der Waals surface area contributed by atoms with Gasteiger partial charge in [-0.1, -0.05) is 0 Å². The zero-order valence-corrected chi connectivity index (χ0v) is 15.8. The van der Waals surface area contributed by atoms with Crippen LogP contribution >= 0.6 is 0 Å². The Hall–Kier alpha value is -2.77. The van der Waals surface area contributed by atoms with Gasteiger partial charge in [0.25, 0.3) is 5.91 Å². The Kier molecular flexibility index (Phi) is 4.87. The Labute approximate surface area is 161 Å². The molecule has 2 aromatic rings. The number of nitrogens with zero attached hydrogens (tertiary/aromatic N) is 4. The highest BCUT2D eigenvalue weighted by Gasteiger charge is 2.32. The molecular formula is C20H22F2N4O2. The number of halogens is 2. The molecule has 6 nitrogen and oxygen atoms in total. The minimum atomic E-state index is -0.953. The third kappa shape index (κ3) is 3.16. The molecule has 1 aliphatic heterocycles. The quantitative estimate of drug-likeness (QED) is 0.811. The summed E-state index contributed by atoms with van der Waals surface area (Å²) in [4.78, 5) is 28.8. The molecule has 148 valence electrons. The second-order valence-corrected chi connectivity index (χ2v) is 7.19. The van der Waals surface area contributed by atoms with Crippen LogP contribution in [0.1, 0.15) is 41.5 Å². The summed E-state index contributed by atoms with van der Waals surface area (Å²) in [5.74, 6) is -2.21. The van der Waals surface area contributed by atoms with E-state index >= 15 is 0 Å². The van der Waals surface area contributed by atoms with Crippen LogP contribution in [0.15, 0.2) is 18.2 Å². The number of hydrogen-bond acceptors (Lipinski definition) is 3. The highest BCUT2D eigenvalue weighted by Crippen LogP contribution is 2.29. The Balaban J connectivity index is 1.68. The van der Waals surface area contributed by atoms with Gasteiger partial charge in [0.1, 0.15) is 6.54 Å². The minimum Gasteiger partial charge on any atom is -0.341 e. The SMILES string of the molecule is CCN1CCCN(C(=O)c2nn(-c3ccc(F)c(F)c3)c3c2CCC3)CC1=O. The molecule has 1 aromatic heterocycles. The van der Waals surface area contributed by atoms with Crippen molar-refractivity contribution in [2.45, 2.75) is 32.6 Å². The van der Waals surface area contributed by atoms with Crippen molar-refractivity contribution in [2.24, 2.45) is 0 Å². The van der Waals surface area contributed by atoms with E-state index in [2.05, 4.69) is 5.10 Å². The van der Waals surface area contributed by atoms with Gasteiger partial charge in [-0.05, 0) is 44.7 Å². The van der Waals surface area contributed by atoms with Gasteiger partial charge in [-0.25, -0.2) is 13.5 Å². The molecule has 0 spiro atoms. The topological polar surface area (TPSA) is 58.4 Å². The van der Waals surface area contributed by atoms with Gasteiger partial charge in [0.15, 0.2) is 17.3 Å². The summed E-state index contributed by atoms with van der Waals surface area (Å²) in [7, 11) is 0. The van der Waals surface area contributed by atoms with E-state index in [0.29, 0.717) is 37.4 Å². The lowest BCUT2D eigenvalue weighted by atomic mass is 10.1. The second-order valence-electron chi connectivity index (χ2n) is 7.19. The summed E-state index contributed by atoms with van der Waals surface area (Å²) in [6.07, 6.45) is 3.02. The number of fused-ring (bicyclic) bond motifs is 1. The normalized spacial score (nSPS) is 17.0. The zero-order chi connectivity index (χ0) is 19.8. The van der Waals surface area contributed by atoms with E-state index in [0.717, 1.165) is 42.7 Å². The number of carbonyl (C=O) groups is 2. The van der Waals surface area contributed by atoms with Crippen molar-refractivity contribution in [1.29, 1.82) is 0 Å². The van der Waals surface area contributed by atoms with Gasteiger partial charge in [0.2, 0.25) is 5.91 Å². The van der Waals surface area contributed by atoms with Gasteiger partial charge in [-0.2, -0.15) is 5.10 Å². The fourth-order valence-electron chi connectivity index (χ4n) is 4.02. The molecule has 2 aliphatic rings. The van der Waals surface area contributed by atoms with Crippen LogP contribution in [0.5, 0.6) is 0 Å². The fraction of sp³-hybridized carbons (Fsp3) is 0.450. The lowest BCUT2D eigenvalue weighted by Crippen LogP contribution is -2.39. The van der Waals surface area contributed by atoms with Crippen molar-refractivity contribution < 1.29 is 18.4 Å². The second kappa shape index (κ2) is 7.33. The Morgan fingerprint density at radius 1 is 1.14 bits per heavy atom. The molecule has 1 saturated heterocycles. The predicted octanol–water partition coefficient (Wildman–Crippen LogP) is 2.33. The van der Waals surface area contributed by atoms with E-state index in [9.17, 15) is 18.4 Å². The average molecular weight is 388 g/mol. The van der Waals surface area contributed by atoms with Gasteiger partial charge in [-0.15, -0.1) is 0 Å². The van der Waals surface area contributed by atoms with E-state index in [-0.39, 0.29) is 18.4 Å². The van der Waals surface area contributed by atoms with Crippen molar-refractivity contribution >= 4 is 11.8 Å². The van der Waals surface area contributed by atoms with E-state index < -0.39 is 11.6 Å². The van der Waals surface area contributed by atoms with Gasteiger partial charge >= 0.3 is 0 Å². The maximum Gasteiger partial charge on any atom is 0.275 e. The van der Waals surface area contributed by atoms with Gasteiger partial charge in [0, 0.05) is 37.0 Å². The number of rotatable bonds is 3. The number of amides is 2.